The van der Waals surface area contributed by atoms with E-state index in [1.54, 1.807) is 17.0 Å². The van der Waals surface area contributed by atoms with Gasteiger partial charge in [-0.3, -0.25) is 9.69 Å². The van der Waals surface area contributed by atoms with Crippen molar-refractivity contribution in [2.45, 2.75) is 32.5 Å². The summed E-state index contributed by atoms with van der Waals surface area (Å²) in [7, 11) is 0. The van der Waals surface area contributed by atoms with Crippen LogP contribution in [0, 0.1) is 0 Å². The molecule has 0 unspecified atom stereocenters. The second-order valence-corrected chi connectivity index (χ2v) is 7.53. The maximum Gasteiger partial charge on any atom is 0.416 e. The number of carbonyl (C=O) groups excluding carboxylic acids is 2. The molecule has 2 aliphatic rings. The molecule has 2 aliphatic heterocycles. The van der Waals surface area contributed by atoms with E-state index in [2.05, 4.69) is 10.6 Å². The molecule has 0 aliphatic carbocycles. The summed E-state index contributed by atoms with van der Waals surface area (Å²) < 4.78 is 44.7. The number of halogens is 3. The van der Waals surface area contributed by atoms with Gasteiger partial charge in [-0.2, -0.15) is 13.2 Å². The minimum absolute atomic E-state index is 0.120. The number of nitrogens with zero attached hydrogens (tertiary/aromatic N) is 1. The Kier molecular flexibility index (Phi) is 5.82. The van der Waals surface area contributed by atoms with Crippen molar-refractivity contribution < 1.29 is 27.5 Å². The number of ether oxygens (including phenoxy) is 1. The molecule has 0 saturated heterocycles. The van der Waals surface area contributed by atoms with Gasteiger partial charge in [0.15, 0.2) is 0 Å². The van der Waals surface area contributed by atoms with Crippen LogP contribution in [0.25, 0.3) is 5.57 Å². The number of urea groups is 1. The van der Waals surface area contributed by atoms with Crippen LogP contribution in [0.3, 0.4) is 0 Å². The minimum Gasteiger partial charge on any atom is -0.493 e. The summed E-state index contributed by atoms with van der Waals surface area (Å²) >= 11 is 0. The first-order chi connectivity index (χ1) is 15.3. The van der Waals surface area contributed by atoms with Crippen LogP contribution in [-0.2, 0) is 17.5 Å². The first-order valence-corrected chi connectivity index (χ1v) is 10.3. The molecule has 0 spiro atoms. The maximum absolute atomic E-state index is 13.1. The zero-order valence-electron chi connectivity index (χ0n) is 17.4. The standard InChI is InChI=1S/C23H22F3N3O3/c1-2-29-19-7-3-6-18(17(19)13-27-22(29)31)28-21(30)11-14-5-4-10-32-20-12-15(23(24,25)26)8-9-16(14)20/h3,6-9,11-12H,2,4-5,10,13H2,1H3,(H,27,31)(H,28,30). The highest BCUT2D eigenvalue weighted by Gasteiger charge is 2.32. The lowest BCUT2D eigenvalue weighted by Gasteiger charge is -2.30. The molecule has 0 aromatic heterocycles. The molecule has 0 bridgehead atoms. The number of nitrogens with one attached hydrogen (secondary N) is 2. The molecular weight excluding hydrogens is 423 g/mol. The topological polar surface area (TPSA) is 70.7 Å². The van der Waals surface area contributed by atoms with Crippen molar-refractivity contribution in [3.63, 3.8) is 0 Å². The SMILES string of the molecule is CCN1C(=O)NCc2c(NC(=O)C=C3CCCOc4cc(C(F)(F)F)ccc43)cccc21. The van der Waals surface area contributed by atoms with Crippen LogP contribution >= 0.6 is 0 Å². The van der Waals surface area contributed by atoms with Crippen LogP contribution in [-0.4, -0.2) is 25.1 Å². The smallest absolute Gasteiger partial charge is 0.416 e. The highest BCUT2D eigenvalue weighted by Crippen LogP contribution is 2.38. The molecule has 3 amide bonds. The number of rotatable bonds is 3. The van der Waals surface area contributed by atoms with E-state index in [4.69, 9.17) is 4.74 Å². The Balaban J connectivity index is 1.62. The van der Waals surface area contributed by atoms with Crippen molar-refractivity contribution in [2.75, 3.05) is 23.4 Å². The van der Waals surface area contributed by atoms with Crippen LogP contribution < -0.4 is 20.3 Å². The van der Waals surface area contributed by atoms with Crippen molar-refractivity contribution in [1.29, 1.82) is 0 Å². The zero-order valence-corrected chi connectivity index (χ0v) is 17.4. The molecule has 4 rings (SSSR count). The average Bonchev–Trinajstić information content (AvgIpc) is 2.95. The third kappa shape index (κ3) is 4.28. The lowest BCUT2D eigenvalue weighted by molar-refractivity contribution is -0.137. The van der Waals surface area contributed by atoms with Crippen molar-refractivity contribution in [3.8, 4) is 5.75 Å². The minimum atomic E-state index is -4.47. The van der Waals surface area contributed by atoms with Crippen molar-refractivity contribution in [2.24, 2.45) is 0 Å². The summed E-state index contributed by atoms with van der Waals surface area (Å²) in [4.78, 5) is 26.5. The fraction of sp³-hybridized carbons (Fsp3) is 0.304. The summed E-state index contributed by atoms with van der Waals surface area (Å²) in [6.07, 6.45) is -2.00. The second-order valence-electron chi connectivity index (χ2n) is 7.53. The highest BCUT2D eigenvalue weighted by molar-refractivity contribution is 6.06. The quantitative estimate of drug-likeness (QED) is 0.657. The number of fused-ring (bicyclic) bond motifs is 2. The molecule has 0 saturated carbocycles. The number of carbonyl (C=O) groups is 2. The molecule has 168 valence electrons. The second kappa shape index (κ2) is 8.57. The molecule has 6 nitrogen and oxygen atoms in total. The lowest BCUT2D eigenvalue weighted by atomic mass is 9.99. The highest BCUT2D eigenvalue weighted by atomic mass is 19.4. The van der Waals surface area contributed by atoms with Gasteiger partial charge in [0.2, 0.25) is 5.91 Å². The number of alkyl halides is 3. The summed E-state index contributed by atoms with van der Waals surface area (Å²) in [6, 6.07) is 8.46. The normalized spacial score (nSPS) is 17.1. The third-order valence-electron chi connectivity index (χ3n) is 5.49. The molecule has 2 heterocycles. The van der Waals surface area contributed by atoms with E-state index in [9.17, 15) is 22.8 Å². The first kappa shape index (κ1) is 21.7. The summed E-state index contributed by atoms with van der Waals surface area (Å²) in [6.45, 7) is 2.90. The van der Waals surface area contributed by atoms with E-state index in [1.165, 1.54) is 12.1 Å². The first-order valence-electron chi connectivity index (χ1n) is 10.3. The van der Waals surface area contributed by atoms with E-state index in [-0.39, 0.29) is 24.9 Å². The number of hydrogen-bond donors (Lipinski definition) is 2. The fourth-order valence-corrected chi connectivity index (χ4v) is 3.95. The van der Waals surface area contributed by atoms with Gasteiger partial charge in [-0.25, -0.2) is 4.79 Å². The molecule has 0 atom stereocenters. The van der Waals surface area contributed by atoms with Gasteiger partial charge in [0, 0.05) is 36.0 Å². The summed E-state index contributed by atoms with van der Waals surface area (Å²) in [5, 5.41) is 5.63. The van der Waals surface area contributed by atoms with E-state index in [0.29, 0.717) is 36.2 Å². The Morgan fingerprint density at radius 3 is 2.84 bits per heavy atom. The van der Waals surface area contributed by atoms with E-state index in [0.717, 1.165) is 23.4 Å². The number of benzene rings is 2. The third-order valence-corrected chi connectivity index (χ3v) is 5.49. The molecule has 32 heavy (non-hydrogen) atoms. The monoisotopic (exact) mass is 445 g/mol. The molecule has 9 heteroatoms. The Hall–Kier alpha value is -3.49. The van der Waals surface area contributed by atoms with Gasteiger partial charge in [0.25, 0.3) is 0 Å². The summed E-state index contributed by atoms with van der Waals surface area (Å²) in [5.41, 5.74) is 2.39. The van der Waals surface area contributed by atoms with Crippen LogP contribution in [0.1, 0.15) is 36.5 Å². The van der Waals surface area contributed by atoms with Gasteiger partial charge in [0.05, 0.1) is 17.9 Å². The number of allylic oxidation sites excluding steroid dienone is 1. The number of amides is 3. The van der Waals surface area contributed by atoms with Gasteiger partial charge in [-0.15, -0.1) is 0 Å². The lowest BCUT2D eigenvalue weighted by Crippen LogP contribution is -2.44. The Morgan fingerprint density at radius 2 is 2.09 bits per heavy atom. The van der Waals surface area contributed by atoms with Gasteiger partial charge in [0.1, 0.15) is 5.75 Å². The fourth-order valence-electron chi connectivity index (χ4n) is 3.95. The van der Waals surface area contributed by atoms with Crippen LogP contribution in [0.5, 0.6) is 5.75 Å². The molecule has 2 aromatic carbocycles. The van der Waals surface area contributed by atoms with Gasteiger partial charge in [-0.1, -0.05) is 12.1 Å². The molecule has 0 radical (unpaired) electrons. The van der Waals surface area contributed by atoms with Crippen molar-refractivity contribution in [1.82, 2.24) is 5.32 Å². The van der Waals surface area contributed by atoms with Crippen LogP contribution in [0.2, 0.25) is 0 Å². The molecule has 2 aromatic rings. The van der Waals surface area contributed by atoms with Crippen LogP contribution in [0.15, 0.2) is 42.5 Å². The molecule has 0 fully saturated rings. The predicted molar refractivity (Wildman–Crippen MR) is 114 cm³/mol. The number of anilines is 2. The Bertz CT molecular complexity index is 1100. The zero-order chi connectivity index (χ0) is 22.9. The van der Waals surface area contributed by atoms with E-state index >= 15 is 0 Å². The Morgan fingerprint density at radius 1 is 1.28 bits per heavy atom. The largest absolute Gasteiger partial charge is 0.493 e. The number of hydrogen-bond acceptors (Lipinski definition) is 3. The summed E-state index contributed by atoms with van der Waals surface area (Å²) in [5.74, 6) is -0.282. The van der Waals surface area contributed by atoms with Crippen molar-refractivity contribution >= 4 is 28.9 Å². The van der Waals surface area contributed by atoms with Gasteiger partial charge >= 0.3 is 12.2 Å². The van der Waals surface area contributed by atoms with Crippen LogP contribution in [0.4, 0.5) is 29.3 Å². The van der Waals surface area contributed by atoms with Crippen molar-refractivity contribution in [3.05, 3.63) is 59.2 Å². The van der Waals surface area contributed by atoms with E-state index < -0.39 is 17.6 Å². The Labute approximate surface area is 183 Å². The average molecular weight is 445 g/mol. The predicted octanol–water partition coefficient (Wildman–Crippen LogP) is 4.95. The molecular formula is C23H22F3N3O3. The van der Waals surface area contributed by atoms with Gasteiger partial charge in [-0.05, 0) is 49.6 Å². The maximum atomic E-state index is 13.1. The van der Waals surface area contributed by atoms with Gasteiger partial charge < -0.3 is 15.4 Å². The van der Waals surface area contributed by atoms with E-state index in [1.807, 2.05) is 13.0 Å². The molecule has 2 N–H and O–H groups in total.